The van der Waals surface area contributed by atoms with Crippen molar-refractivity contribution < 1.29 is 9.53 Å². The number of ether oxygens (including phenoxy) is 1. The molecule has 0 fully saturated rings. The van der Waals surface area contributed by atoms with Gasteiger partial charge >= 0.3 is 0 Å². The van der Waals surface area contributed by atoms with Crippen LogP contribution in [-0.4, -0.2) is 12.5 Å². The minimum absolute atomic E-state index is 0.125. The zero-order chi connectivity index (χ0) is 15.9. The molecule has 0 radical (unpaired) electrons. The van der Waals surface area contributed by atoms with E-state index in [4.69, 9.17) is 4.74 Å². The second-order valence-corrected chi connectivity index (χ2v) is 5.04. The Kier molecular flexibility index (Phi) is 5.59. The van der Waals surface area contributed by atoms with Gasteiger partial charge in [-0.25, -0.2) is 0 Å². The minimum Gasteiger partial charge on any atom is -0.493 e. The van der Waals surface area contributed by atoms with Crippen molar-refractivity contribution in [2.45, 2.75) is 33.6 Å². The monoisotopic (exact) mass is 297 g/mol. The first-order chi connectivity index (χ1) is 10.7. The molecule has 22 heavy (non-hydrogen) atoms. The number of aryl methyl sites for hydroxylation is 2. The standard InChI is InChI=1S/C19H23NO2/c1-4-14-10-9-11-15(5-2)18(14)20-19(21)16-12-7-8-13-17(16)22-6-3/h7-13H,4-6H2,1-3H3,(H,20,21). The Balaban J connectivity index is 2.34. The van der Waals surface area contributed by atoms with Crippen molar-refractivity contribution in [2.75, 3.05) is 11.9 Å². The van der Waals surface area contributed by atoms with E-state index < -0.39 is 0 Å². The maximum absolute atomic E-state index is 12.7. The number of amides is 1. The number of hydrogen-bond donors (Lipinski definition) is 1. The van der Waals surface area contributed by atoms with E-state index in [0.29, 0.717) is 17.9 Å². The number of carbonyl (C=O) groups excluding carboxylic acids is 1. The van der Waals surface area contributed by atoms with Gasteiger partial charge in [-0.3, -0.25) is 4.79 Å². The van der Waals surface area contributed by atoms with Crippen LogP contribution >= 0.6 is 0 Å². The molecule has 2 aromatic carbocycles. The summed E-state index contributed by atoms with van der Waals surface area (Å²) >= 11 is 0. The molecule has 0 saturated heterocycles. The molecule has 3 nitrogen and oxygen atoms in total. The predicted octanol–water partition coefficient (Wildman–Crippen LogP) is 4.46. The highest BCUT2D eigenvalue weighted by Crippen LogP contribution is 2.25. The Morgan fingerprint density at radius 2 is 1.59 bits per heavy atom. The van der Waals surface area contributed by atoms with Crippen molar-refractivity contribution in [1.29, 1.82) is 0 Å². The van der Waals surface area contributed by atoms with Crippen molar-refractivity contribution in [3.05, 3.63) is 59.2 Å². The fourth-order valence-corrected chi connectivity index (χ4v) is 2.52. The van der Waals surface area contributed by atoms with Crippen LogP contribution < -0.4 is 10.1 Å². The van der Waals surface area contributed by atoms with Crippen LogP contribution in [0.15, 0.2) is 42.5 Å². The van der Waals surface area contributed by atoms with E-state index in [1.807, 2.05) is 31.2 Å². The molecule has 3 heteroatoms. The summed E-state index contributed by atoms with van der Waals surface area (Å²) in [7, 11) is 0. The smallest absolute Gasteiger partial charge is 0.259 e. The van der Waals surface area contributed by atoms with Crippen molar-refractivity contribution in [1.82, 2.24) is 0 Å². The Hall–Kier alpha value is -2.29. The first-order valence-electron chi connectivity index (χ1n) is 7.85. The highest BCUT2D eigenvalue weighted by atomic mass is 16.5. The van der Waals surface area contributed by atoms with E-state index in [2.05, 4.69) is 31.3 Å². The maximum atomic E-state index is 12.7. The molecule has 0 aliphatic heterocycles. The quantitative estimate of drug-likeness (QED) is 0.854. The summed E-state index contributed by atoms with van der Waals surface area (Å²) < 4.78 is 5.55. The maximum Gasteiger partial charge on any atom is 0.259 e. The van der Waals surface area contributed by atoms with E-state index in [1.165, 1.54) is 0 Å². The number of rotatable bonds is 6. The van der Waals surface area contributed by atoms with Crippen molar-refractivity contribution in [2.24, 2.45) is 0 Å². The zero-order valence-corrected chi connectivity index (χ0v) is 13.5. The third-order valence-electron chi connectivity index (χ3n) is 3.67. The second-order valence-electron chi connectivity index (χ2n) is 5.04. The van der Waals surface area contributed by atoms with Crippen LogP contribution in [-0.2, 0) is 12.8 Å². The molecule has 2 rings (SSSR count). The van der Waals surface area contributed by atoms with Crippen molar-refractivity contribution >= 4 is 11.6 Å². The summed E-state index contributed by atoms with van der Waals surface area (Å²) in [5, 5.41) is 3.08. The topological polar surface area (TPSA) is 38.3 Å². The Labute approximate surface area is 132 Å². The van der Waals surface area contributed by atoms with E-state index in [0.717, 1.165) is 29.7 Å². The van der Waals surface area contributed by atoms with Gasteiger partial charge in [-0.1, -0.05) is 44.2 Å². The van der Waals surface area contributed by atoms with Gasteiger partial charge in [0.1, 0.15) is 5.75 Å². The van der Waals surface area contributed by atoms with E-state index >= 15 is 0 Å². The molecule has 1 amide bonds. The summed E-state index contributed by atoms with van der Waals surface area (Å²) in [5.41, 5.74) is 3.81. The van der Waals surface area contributed by atoms with E-state index in [-0.39, 0.29) is 5.91 Å². The molecule has 0 aliphatic rings. The molecule has 0 heterocycles. The Morgan fingerprint density at radius 1 is 0.955 bits per heavy atom. The number of nitrogens with one attached hydrogen (secondary N) is 1. The van der Waals surface area contributed by atoms with Crippen molar-refractivity contribution in [3.63, 3.8) is 0 Å². The number of benzene rings is 2. The highest BCUT2D eigenvalue weighted by Gasteiger charge is 2.15. The Bertz CT molecular complexity index is 627. The van der Waals surface area contributed by atoms with Gasteiger partial charge in [0.25, 0.3) is 5.91 Å². The molecule has 2 aromatic rings. The summed E-state index contributed by atoms with van der Waals surface area (Å²) in [4.78, 5) is 12.7. The largest absolute Gasteiger partial charge is 0.493 e. The van der Waals surface area contributed by atoms with Gasteiger partial charge < -0.3 is 10.1 Å². The summed E-state index contributed by atoms with van der Waals surface area (Å²) in [5.74, 6) is 0.495. The van der Waals surface area contributed by atoms with Crippen LogP contribution in [0.4, 0.5) is 5.69 Å². The molecule has 0 unspecified atom stereocenters. The van der Waals surface area contributed by atoms with Gasteiger partial charge in [0.05, 0.1) is 12.2 Å². The minimum atomic E-state index is -0.125. The predicted molar refractivity (Wildman–Crippen MR) is 90.8 cm³/mol. The van der Waals surface area contributed by atoms with Gasteiger partial charge in [-0.15, -0.1) is 0 Å². The molecule has 116 valence electrons. The van der Waals surface area contributed by atoms with Crippen LogP contribution in [0.1, 0.15) is 42.3 Å². The van der Waals surface area contributed by atoms with Crippen LogP contribution in [0.3, 0.4) is 0 Å². The average molecular weight is 297 g/mol. The second kappa shape index (κ2) is 7.64. The summed E-state index contributed by atoms with van der Waals surface area (Å²) in [6, 6.07) is 13.5. The van der Waals surface area contributed by atoms with E-state index in [9.17, 15) is 4.79 Å². The molecular weight excluding hydrogens is 274 g/mol. The molecule has 0 atom stereocenters. The lowest BCUT2D eigenvalue weighted by Gasteiger charge is -2.15. The van der Waals surface area contributed by atoms with Crippen LogP contribution in [0.5, 0.6) is 5.75 Å². The first kappa shape index (κ1) is 16.1. The van der Waals surface area contributed by atoms with Gasteiger partial charge in [0.15, 0.2) is 0 Å². The van der Waals surface area contributed by atoms with Crippen LogP contribution in [0.25, 0.3) is 0 Å². The van der Waals surface area contributed by atoms with Gasteiger partial charge in [0, 0.05) is 5.69 Å². The lowest BCUT2D eigenvalue weighted by atomic mass is 10.0. The lowest BCUT2D eigenvalue weighted by molar-refractivity contribution is 0.102. The van der Waals surface area contributed by atoms with Gasteiger partial charge in [-0.05, 0) is 43.0 Å². The fraction of sp³-hybridized carbons (Fsp3) is 0.316. The molecule has 0 saturated carbocycles. The zero-order valence-electron chi connectivity index (χ0n) is 13.5. The van der Waals surface area contributed by atoms with Crippen LogP contribution in [0, 0.1) is 0 Å². The van der Waals surface area contributed by atoms with E-state index in [1.54, 1.807) is 6.07 Å². The van der Waals surface area contributed by atoms with Gasteiger partial charge in [0.2, 0.25) is 0 Å². The average Bonchev–Trinajstić information content (AvgIpc) is 2.55. The number of para-hydroxylation sites is 2. The van der Waals surface area contributed by atoms with Gasteiger partial charge in [-0.2, -0.15) is 0 Å². The highest BCUT2D eigenvalue weighted by molar-refractivity contribution is 6.07. The Morgan fingerprint density at radius 3 is 2.18 bits per heavy atom. The first-order valence-corrected chi connectivity index (χ1v) is 7.85. The SMILES string of the molecule is CCOc1ccccc1C(=O)Nc1c(CC)cccc1CC. The number of hydrogen-bond acceptors (Lipinski definition) is 2. The number of anilines is 1. The van der Waals surface area contributed by atoms with Crippen LogP contribution in [0.2, 0.25) is 0 Å². The van der Waals surface area contributed by atoms with Crippen molar-refractivity contribution in [3.8, 4) is 5.75 Å². The third kappa shape index (κ3) is 3.48. The third-order valence-corrected chi connectivity index (χ3v) is 3.67. The molecule has 0 spiro atoms. The molecule has 0 bridgehead atoms. The normalized spacial score (nSPS) is 10.3. The number of carbonyl (C=O) groups is 1. The molecule has 1 N–H and O–H groups in total. The fourth-order valence-electron chi connectivity index (χ4n) is 2.52. The summed E-state index contributed by atoms with van der Waals surface area (Å²) in [6.07, 6.45) is 1.77. The molecule has 0 aromatic heterocycles. The molecular formula is C19H23NO2. The molecule has 0 aliphatic carbocycles. The summed E-state index contributed by atoms with van der Waals surface area (Å²) in [6.45, 7) is 6.64. The lowest BCUT2D eigenvalue weighted by Crippen LogP contribution is -2.16.